The van der Waals surface area contributed by atoms with Gasteiger partial charge in [0.1, 0.15) is 5.39 Å². The molecule has 0 bridgehead atoms. The summed E-state index contributed by atoms with van der Waals surface area (Å²) in [6.45, 7) is 0. The van der Waals surface area contributed by atoms with Crippen LogP contribution in [0, 0.1) is 17.2 Å². The molecule has 3 rings (SSSR count). The fraction of sp³-hybridized carbons (Fsp3) is 0.500. The minimum atomic E-state index is -0.00888. The van der Waals surface area contributed by atoms with E-state index in [1.807, 2.05) is 10.7 Å². The summed E-state index contributed by atoms with van der Waals surface area (Å²) in [6.07, 6.45) is 5.79. The molecule has 0 amide bonds. The topological polar surface area (TPSA) is 89.8 Å². The second-order valence-corrected chi connectivity index (χ2v) is 5.13. The van der Waals surface area contributed by atoms with Crippen LogP contribution in [0.25, 0.3) is 10.9 Å². The van der Waals surface area contributed by atoms with Crippen molar-refractivity contribution in [3.05, 3.63) is 12.3 Å². The molecule has 2 aromatic heterocycles. The number of nitrogens with zero attached hydrogens (tertiary/aromatic N) is 4. The Hall–Kier alpha value is -2.29. The number of fused-ring (bicyclic) bond motifs is 1. The molecule has 1 saturated carbocycles. The molecule has 1 aliphatic rings. The molecule has 2 N–H and O–H groups in total. The van der Waals surface area contributed by atoms with Crippen LogP contribution in [0.4, 0.5) is 5.82 Å². The van der Waals surface area contributed by atoms with E-state index in [1.54, 1.807) is 13.3 Å². The van der Waals surface area contributed by atoms with E-state index in [4.69, 9.17) is 10.5 Å². The molecule has 2 heterocycles. The minimum Gasteiger partial charge on any atom is -0.480 e. The molecule has 104 valence electrons. The van der Waals surface area contributed by atoms with E-state index >= 15 is 0 Å². The van der Waals surface area contributed by atoms with Crippen LogP contribution in [0.3, 0.4) is 0 Å². The van der Waals surface area contributed by atoms with Gasteiger partial charge in [0.25, 0.3) is 0 Å². The van der Waals surface area contributed by atoms with Gasteiger partial charge in [0.05, 0.1) is 30.7 Å². The van der Waals surface area contributed by atoms with E-state index < -0.39 is 0 Å². The first-order valence-electron chi connectivity index (χ1n) is 6.82. The maximum atomic E-state index is 9.34. The fourth-order valence-corrected chi connectivity index (χ4v) is 3.05. The van der Waals surface area contributed by atoms with E-state index in [0.29, 0.717) is 11.7 Å². The molecule has 2 aromatic rings. The lowest BCUT2D eigenvalue weighted by atomic mass is 9.85. The third-order valence-electron chi connectivity index (χ3n) is 4.02. The Kier molecular flexibility index (Phi) is 3.18. The van der Waals surface area contributed by atoms with Gasteiger partial charge in [-0.3, -0.25) is 4.68 Å². The fourth-order valence-electron chi connectivity index (χ4n) is 3.05. The average molecular weight is 271 g/mol. The van der Waals surface area contributed by atoms with Gasteiger partial charge in [0.15, 0.2) is 5.82 Å². The SMILES string of the molecule is COc1nccc2c1c(N)nn2C1CCCCC1C#N. The highest BCUT2D eigenvalue weighted by Gasteiger charge is 2.29. The predicted octanol–water partition coefficient (Wildman–Crippen LogP) is 2.28. The number of rotatable bonds is 2. The van der Waals surface area contributed by atoms with Crippen molar-refractivity contribution in [3.63, 3.8) is 0 Å². The second kappa shape index (κ2) is 5.00. The van der Waals surface area contributed by atoms with Crippen LogP contribution in [0.15, 0.2) is 12.3 Å². The molecule has 2 atom stereocenters. The number of ether oxygens (including phenoxy) is 1. The van der Waals surface area contributed by atoms with Crippen molar-refractivity contribution in [3.8, 4) is 11.9 Å². The van der Waals surface area contributed by atoms with Crippen molar-refractivity contribution in [2.45, 2.75) is 31.7 Å². The first kappa shape index (κ1) is 12.7. The van der Waals surface area contributed by atoms with E-state index in [0.717, 1.165) is 36.6 Å². The first-order valence-corrected chi connectivity index (χ1v) is 6.82. The second-order valence-electron chi connectivity index (χ2n) is 5.13. The van der Waals surface area contributed by atoms with Crippen molar-refractivity contribution in [1.82, 2.24) is 14.8 Å². The van der Waals surface area contributed by atoms with Crippen molar-refractivity contribution in [2.75, 3.05) is 12.8 Å². The van der Waals surface area contributed by atoms with Gasteiger partial charge in [-0.05, 0) is 18.9 Å². The summed E-state index contributed by atoms with van der Waals surface area (Å²) in [6, 6.07) is 4.37. The summed E-state index contributed by atoms with van der Waals surface area (Å²) < 4.78 is 7.14. The zero-order valence-electron chi connectivity index (χ0n) is 11.4. The third-order valence-corrected chi connectivity index (χ3v) is 4.02. The molecule has 0 aromatic carbocycles. The monoisotopic (exact) mass is 271 g/mol. The van der Waals surface area contributed by atoms with Crippen molar-refractivity contribution in [1.29, 1.82) is 5.26 Å². The number of anilines is 1. The molecular weight excluding hydrogens is 254 g/mol. The number of pyridine rings is 1. The normalized spacial score (nSPS) is 22.6. The number of hydrogen-bond acceptors (Lipinski definition) is 5. The molecule has 20 heavy (non-hydrogen) atoms. The molecule has 0 radical (unpaired) electrons. The quantitative estimate of drug-likeness (QED) is 0.905. The first-order chi connectivity index (χ1) is 9.76. The van der Waals surface area contributed by atoms with Gasteiger partial charge in [0, 0.05) is 6.20 Å². The summed E-state index contributed by atoms with van der Waals surface area (Å²) in [7, 11) is 1.57. The van der Waals surface area contributed by atoms with E-state index in [1.165, 1.54) is 0 Å². The highest BCUT2D eigenvalue weighted by Crippen LogP contribution is 2.37. The van der Waals surface area contributed by atoms with Gasteiger partial charge < -0.3 is 10.5 Å². The van der Waals surface area contributed by atoms with Gasteiger partial charge in [-0.15, -0.1) is 0 Å². The Balaban J connectivity index is 2.15. The molecule has 0 aliphatic heterocycles. The number of aromatic nitrogens is 3. The molecule has 0 saturated heterocycles. The minimum absolute atomic E-state index is 0.00888. The molecule has 2 unspecified atom stereocenters. The van der Waals surface area contributed by atoms with Crippen LogP contribution < -0.4 is 10.5 Å². The summed E-state index contributed by atoms with van der Waals surface area (Å²) >= 11 is 0. The Morgan fingerprint density at radius 1 is 1.45 bits per heavy atom. The van der Waals surface area contributed by atoms with Crippen LogP contribution in [0.1, 0.15) is 31.7 Å². The zero-order valence-corrected chi connectivity index (χ0v) is 11.4. The van der Waals surface area contributed by atoms with Crippen molar-refractivity contribution < 1.29 is 4.74 Å². The molecule has 0 spiro atoms. The van der Waals surface area contributed by atoms with Crippen LogP contribution in [-0.4, -0.2) is 21.9 Å². The number of methoxy groups -OCH3 is 1. The maximum Gasteiger partial charge on any atom is 0.226 e. The lowest BCUT2D eigenvalue weighted by Gasteiger charge is -2.27. The molecular formula is C14H17N5O. The van der Waals surface area contributed by atoms with E-state index in [2.05, 4.69) is 16.2 Å². The smallest absolute Gasteiger partial charge is 0.226 e. The average Bonchev–Trinajstić information content (AvgIpc) is 2.84. The third kappa shape index (κ3) is 1.86. The lowest BCUT2D eigenvalue weighted by molar-refractivity contribution is 0.277. The van der Waals surface area contributed by atoms with Crippen molar-refractivity contribution in [2.24, 2.45) is 5.92 Å². The Morgan fingerprint density at radius 3 is 3.00 bits per heavy atom. The Morgan fingerprint density at radius 2 is 2.25 bits per heavy atom. The summed E-state index contributed by atoms with van der Waals surface area (Å²) in [4.78, 5) is 4.16. The Bertz CT molecular complexity index is 672. The van der Waals surface area contributed by atoms with Gasteiger partial charge in [-0.1, -0.05) is 12.8 Å². The highest BCUT2D eigenvalue weighted by atomic mass is 16.5. The number of nitrogens with two attached hydrogens (primary N) is 1. The molecule has 6 nitrogen and oxygen atoms in total. The predicted molar refractivity (Wildman–Crippen MR) is 75.1 cm³/mol. The summed E-state index contributed by atoms with van der Waals surface area (Å²) in [5.74, 6) is 0.883. The lowest BCUT2D eigenvalue weighted by Crippen LogP contribution is -2.23. The van der Waals surface area contributed by atoms with Crippen LogP contribution >= 0.6 is 0 Å². The summed E-state index contributed by atoms with van der Waals surface area (Å²) in [5, 5.41) is 14.5. The van der Waals surface area contributed by atoms with Crippen molar-refractivity contribution >= 4 is 16.7 Å². The van der Waals surface area contributed by atoms with Gasteiger partial charge in [-0.2, -0.15) is 10.4 Å². The standard InChI is InChI=1S/C14H17N5O/c1-20-14-12-11(6-7-17-14)19(18-13(12)16)10-5-3-2-4-9(10)8-15/h6-7,9-10H,2-5H2,1H3,(H2,16,18). The van der Waals surface area contributed by atoms with Gasteiger partial charge in [0.2, 0.25) is 5.88 Å². The molecule has 6 heteroatoms. The number of nitrogen functional groups attached to an aromatic ring is 1. The zero-order chi connectivity index (χ0) is 14.1. The maximum absolute atomic E-state index is 9.34. The number of nitriles is 1. The van der Waals surface area contributed by atoms with Crippen LogP contribution in [-0.2, 0) is 0 Å². The molecule has 1 fully saturated rings. The van der Waals surface area contributed by atoms with Crippen LogP contribution in [0.5, 0.6) is 5.88 Å². The number of hydrogen-bond donors (Lipinski definition) is 1. The highest BCUT2D eigenvalue weighted by molar-refractivity contribution is 5.93. The van der Waals surface area contributed by atoms with Gasteiger partial charge >= 0.3 is 0 Å². The van der Waals surface area contributed by atoms with E-state index in [-0.39, 0.29) is 12.0 Å². The van der Waals surface area contributed by atoms with Gasteiger partial charge in [-0.25, -0.2) is 4.98 Å². The largest absolute Gasteiger partial charge is 0.480 e. The molecule has 1 aliphatic carbocycles. The van der Waals surface area contributed by atoms with E-state index in [9.17, 15) is 5.26 Å². The van der Waals surface area contributed by atoms with Crippen LogP contribution in [0.2, 0.25) is 0 Å². The summed E-state index contributed by atoms with van der Waals surface area (Å²) in [5.41, 5.74) is 6.90. The Labute approximate surface area is 117 Å².